The summed E-state index contributed by atoms with van der Waals surface area (Å²) in [6, 6.07) is 18.8. The second-order valence-electron chi connectivity index (χ2n) is 7.39. The van der Waals surface area contributed by atoms with Gasteiger partial charge in [0.2, 0.25) is 10.0 Å². The number of aromatic nitrogens is 1. The van der Waals surface area contributed by atoms with Gasteiger partial charge >= 0.3 is 0 Å². The van der Waals surface area contributed by atoms with Crippen molar-refractivity contribution in [2.24, 2.45) is 0 Å². The van der Waals surface area contributed by atoms with Crippen molar-refractivity contribution < 1.29 is 17.9 Å². The normalized spacial score (nSPS) is 12.2. The number of ether oxygens (including phenoxy) is 1. The van der Waals surface area contributed by atoms with Gasteiger partial charge in [-0.05, 0) is 67.4 Å². The van der Waals surface area contributed by atoms with E-state index in [0.29, 0.717) is 30.9 Å². The summed E-state index contributed by atoms with van der Waals surface area (Å²) in [6.07, 6.45) is 2.41. The van der Waals surface area contributed by atoms with Gasteiger partial charge in [0, 0.05) is 24.3 Å². The van der Waals surface area contributed by atoms with E-state index in [1.807, 2.05) is 49.4 Å². The van der Waals surface area contributed by atoms with Gasteiger partial charge < -0.3 is 10.1 Å². The maximum atomic E-state index is 12.5. The van der Waals surface area contributed by atoms with Crippen LogP contribution in [0.3, 0.4) is 0 Å². The van der Waals surface area contributed by atoms with E-state index in [9.17, 15) is 13.2 Å². The van der Waals surface area contributed by atoms with Gasteiger partial charge in [-0.3, -0.25) is 9.78 Å². The first kappa shape index (κ1) is 23.4. The van der Waals surface area contributed by atoms with Crippen LogP contribution in [-0.4, -0.2) is 25.4 Å². The highest BCUT2D eigenvalue weighted by atomic mass is 32.2. The average Bonchev–Trinajstić information content (AvgIpc) is 2.82. The summed E-state index contributed by atoms with van der Waals surface area (Å²) in [5, 5.41) is 2.84. The lowest BCUT2D eigenvalue weighted by atomic mass is 10.2. The van der Waals surface area contributed by atoms with Gasteiger partial charge in [-0.15, -0.1) is 0 Å². The predicted molar refractivity (Wildman–Crippen MR) is 123 cm³/mol. The lowest BCUT2D eigenvalue weighted by Gasteiger charge is -2.12. The van der Waals surface area contributed by atoms with Crippen molar-refractivity contribution in [1.82, 2.24) is 15.0 Å². The van der Waals surface area contributed by atoms with Crippen molar-refractivity contribution in [1.29, 1.82) is 0 Å². The number of pyridine rings is 1. The van der Waals surface area contributed by atoms with E-state index in [0.717, 1.165) is 11.3 Å². The van der Waals surface area contributed by atoms with Gasteiger partial charge in [0.1, 0.15) is 12.4 Å². The molecule has 1 heterocycles. The number of carbonyl (C=O) groups excluding carboxylic acids is 1. The number of rotatable bonds is 10. The van der Waals surface area contributed by atoms with Crippen LogP contribution in [0.5, 0.6) is 5.75 Å². The standard InChI is InChI=1S/C24H27N3O4S/c1-3-18(2)27-32(29,30)23-12-10-20(11-13-23)24(28)26-16-19-7-6-9-22(15-19)31-17-21-8-4-5-14-25-21/h4-15,18,27H,3,16-17H2,1-2H3,(H,26,28). The molecule has 0 saturated heterocycles. The monoisotopic (exact) mass is 453 g/mol. The highest BCUT2D eigenvalue weighted by molar-refractivity contribution is 7.89. The van der Waals surface area contributed by atoms with Crippen LogP contribution in [-0.2, 0) is 23.2 Å². The Hall–Kier alpha value is -3.23. The number of amides is 1. The Kier molecular flexibility index (Phi) is 7.97. The van der Waals surface area contributed by atoms with Crippen LogP contribution < -0.4 is 14.8 Å². The molecule has 0 spiro atoms. The zero-order chi connectivity index (χ0) is 23.0. The number of hydrogen-bond acceptors (Lipinski definition) is 5. The predicted octanol–water partition coefficient (Wildman–Crippen LogP) is 3.67. The third-order valence-corrected chi connectivity index (χ3v) is 6.47. The minimum Gasteiger partial charge on any atom is -0.487 e. The summed E-state index contributed by atoms with van der Waals surface area (Å²) in [4.78, 5) is 16.8. The molecule has 8 heteroatoms. The number of nitrogens with zero attached hydrogens (tertiary/aromatic N) is 1. The van der Waals surface area contributed by atoms with Gasteiger partial charge in [-0.1, -0.05) is 25.1 Å². The molecule has 3 rings (SSSR count). The molecule has 0 aliphatic heterocycles. The van der Waals surface area contributed by atoms with Crippen molar-refractivity contribution >= 4 is 15.9 Å². The molecule has 2 aromatic carbocycles. The van der Waals surface area contributed by atoms with Crippen LogP contribution in [0, 0.1) is 0 Å². The maximum absolute atomic E-state index is 12.5. The molecule has 1 amide bonds. The largest absolute Gasteiger partial charge is 0.487 e. The lowest BCUT2D eigenvalue weighted by molar-refractivity contribution is 0.0950. The fourth-order valence-electron chi connectivity index (χ4n) is 2.87. The summed E-state index contributed by atoms with van der Waals surface area (Å²) in [5.74, 6) is 0.398. The molecule has 0 radical (unpaired) electrons. The van der Waals surface area contributed by atoms with Crippen molar-refractivity contribution in [3.8, 4) is 5.75 Å². The molecule has 1 atom stereocenters. The molecular formula is C24H27N3O4S. The number of benzene rings is 2. The third-order valence-electron chi connectivity index (χ3n) is 4.86. The maximum Gasteiger partial charge on any atom is 0.251 e. The zero-order valence-electron chi connectivity index (χ0n) is 18.1. The van der Waals surface area contributed by atoms with Crippen LogP contribution in [0.25, 0.3) is 0 Å². The summed E-state index contributed by atoms with van der Waals surface area (Å²) in [5.41, 5.74) is 2.10. The topological polar surface area (TPSA) is 97.4 Å². The number of hydrogen-bond donors (Lipinski definition) is 2. The quantitative estimate of drug-likeness (QED) is 0.488. The summed E-state index contributed by atoms with van der Waals surface area (Å²) >= 11 is 0. The van der Waals surface area contributed by atoms with E-state index in [1.165, 1.54) is 24.3 Å². The molecule has 3 aromatic rings. The third kappa shape index (κ3) is 6.63. The molecule has 1 aromatic heterocycles. The van der Waals surface area contributed by atoms with Crippen LogP contribution in [0.4, 0.5) is 0 Å². The molecule has 7 nitrogen and oxygen atoms in total. The van der Waals surface area contributed by atoms with Crippen molar-refractivity contribution in [3.63, 3.8) is 0 Å². The molecule has 0 aliphatic rings. The lowest BCUT2D eigenvalue weighted by Crippen LogP contribution is -2.32. The van der Waals surface area contributed by atoms with Crippen LogP contribution >= 0.6 is 0 Å². The summed E-state index contributed by atoms with van der Waals surface area (Å²) in [7, 11) is -3.60. The molecule has 0 aliphatic carbocycles. The Morgan fingerprint density at radius 3 is 2.53 bits per heavy atom. The molecule has 2 N–H and O–H groups in total. The number of nitrogens with one attached hydrogen (secondary N) is 2. The Labute approximate surface area is 188 Å². The van der Waals surface area contributed by atoms with Crippen LogP contribution in [0.1, 0.15) is 41.9 Å². The smallest absolute Gasteiger partial charge is 0.251 e. The molecule has 0 saturated carbocycles. The Balaban J connectivity index is 1.56. The highest BCUT2D eigenvalue weighted by Crippen LogP contribution is 2.16. The minimum absolute atomic E-state index is 0.132. The van der Waals surface area contributed by atoms with Gasteiger partial charge in [0.25, 0.3) is 5.91 Å². The number of carbonyl (C=O) groups is 1. The molecule has 168 valence electrons. The second kappa shape index (κ2) is 10.9. The van der Waals surface area contributed by atoms with Crippen molar-refractivity contribution in [2.75, 3.05) is 0 Å². The summed E-state index contributed by atoms with van der Waals surface area (Å²) < 4.78 is 33.0. The molecule has 32 heavy (non-hydrogen) atoms. The van der Waals surface area contributed by atoms with Crippen LogP contribution in [0.2, 0.25) is 0 Å². The van der Waals surface area contributed by atoms with E-state index in [1.54, 1.807) is 13.1 Å². The highest BCUT2D eigenvalue weighted by Gasteiger charge is 2.17. The van der Waals surface area contributed by atoms with Gasteiger partial charge in [0.05, 0.1) is 10.6 Å². The molecular weight excluding hydrogens is 426 g/mol. The Bertz CT molecular complexity index is 1130. The van der Waals surface area contributed by atoms with Gasteiger partial charge in [-0.2, -0.15) is 0 Å². The minimum atomic E-state index is -3.60. The number of sulfonamides is 1. The van der Waals surface area contributed by atoms with E-state index in [4.69, 9.17) is 4.74 Å². The molecule has 1 unspecified atom stereocenters. The first-order valence-corrected chi connectivity index (χ1v) is 11.9. The molecule has 0 bridgehead atoms. The Morgan fingerprint density at radius 2 is 1.84 bits per heavy atom. The summed E-state index contributed by atoms with van der Waals surface area (Å²) in [6.45, 7) is 4.38. The average molecular weight is 454 g/mol. The van der Waals surface area contributed by atoms with Gasteiger partial charge in [0.15, 0.2) is 0 Å². The van der Waals surface area contributed by atoms with E-state index in [-0.39, 0.29) is 16.8 Å². The van der Waals surface area contributed by atoms with Crippen LogP contribution in [0.15, 0.2) is 77.8 Å². The van der Waals surface area contributed by atoms with E-state index < -0.39 is 10.0 Å². The fourth-order valence-corrected chi connectivity index (χ4v) is 4.20. The first-order valence-electron chi connectivity index (χ1n) is 10.4. The Morgan fingerprint density at radius 1 is 1.06 bits per heavy atom. The second-order valence-corrected chi connectivity index (χ2v) is 9.11. The van der Waals surface area contributed by atoms with E-state index in [2.05, 4.69) is 15.0 Å². The van der Waals surface area contributed by atoms with Gasteiger partial charge in [-0.25, -0.2) is 13.1 Å². The van der Waals surface area contributed by atoms with E-state index >= 15 is 0 Å². The fraction of sp³-hybridized carbons (Fsp3) is 0.250. The SMILES string of the molecule is CCC(C)NS(=O)(=O)c1ccc(C(=O)NCc2cccc(OCc3ccccn3)c2)cc1. The first-order chi connectivity index (χ1) is 15.4. The molecule has 0 fully saturated rings. The zero-order valence-corrected chi connectivity index (χ0v) is 18.9. The van der Waals surface area contributed by atoms with Crippen molar-refractivity contribution in [3.05, 3.63) is 89.7 Å². The van der Waals surface area contributed by atoms with Crippen molar-refractivity contribution in [2.45, 2.75) is 44.4 Å².